The largest absolute Gasteiger partial charge is 0.397 e. The van der Waals surface area contributed by atoms with E-state index in [0.717, 1.165) is 0 Å². The molecule has 0 aliphatic rings. The number of hydrogen-bond acceptors (Lipinski definition) is 6. The van der Waals surface area contributed by atoms with Gasteiger partial charge in [-0.1, -0.05) is 0 Å². The molecule has 7 N–H and O–H groups in total. The van der Waals surface area contributed by atoms with Crippen molar-refractivity contribution in [3.8, 4) is 0 Å². The molecule has 0 spiro atoms. The van der Waals surface area contributed by atoms with Crippen LogP contribution in [-0.4, -0.2) is 31.6 Å². The van der Waals surface area contributed by atoms with Crippen LogP contribution < -0.4 is 21.9 Å². The Morgan fingerprint density at radius 1 is 1.47 bits per heavy atom. The topological polar surface area (TPSA) is 154 Å². The first-order chi connectivity index (χ1) is 7.79. The van der Waals surface area contributed by atoms with Gasteiger partial charge in [-0.2, -0.15) is 0 Å². The molecule has 1 rings (SSSR count). The maximum atomic E-state index is 11.1. The summed E-state index contributed by atoms with van der Waals surface area (Å²) in [6.07, 6.45) is 1.33. The molecule has 0 atom stereocenters. The summed E-state index contributed by atoms with van der Waals surface area (Å²) in [7, 11) is -3.57. The molecular weight excluding hydrogens is 246 g/mol. The number of primary amides is 1. The average Bonchev–Trinajstić information content (AvgIpc) is 2.18. The zero-order valence-corrected chi connectivity index (χ0v) is 9.70. The van der Waals surface area contributed by atoms with Gasteiger partial charge in [0.05, 0.1) is 23.2 Å². The van der Waals surface area contributed by atoms with E-state index in [1.165, 1.54) is 12.3 Å². The quantitative estimate of drug-likeness (QED) is 0.502. The van der Waals surface area contributed by atoms with Gasteiger partial charge in [0.25, 0.3) is 5.91 Å². The number of carbonyl (C=O) groups excluding carboxylic acids is 1. The van der Waals surface area contributed by atoms with Gasteiger partial charge in [-0.25, -0.2) is 18.5 Å². The molecule has 1 amide bonds. The second-order valence-electron chi connectivity index (χ2n) is 3.32. The number of amides is 1. The Morgan fingerprint density at radius 3 is 2.65 bits per heavy atom. The Bertz CT molecular complexity index is 528. The fourth-order valence-electron chi connectivity index (χ4n) is 1.12. The molecule has 1 heterocycles. The van der Waals surface area contributed by atoms with Crippen LogP contribution in [0.5, 0.6) is 0 Å². The lowest BCUT2D eigenvalue weighted by atomic mass is 10.2. The van der Waals surface area contributed by atoms with Gasteiger partial charge in [-0.05, 0) is 6.07 Å². The van der Waals surface area contributed by atoms with E-state index < -0.39 is 15.9 Å². The number of sulfonamides is 1. The van der Waals surface area contributed by atoms with E-state index in [4.69, 9.17) is 16.6 Å². The van der Waals surface area contributed by atoms with Crippen molar-refractivity contribution in [2.75, 3.05) is 23.3 Å². The number of pyridine rings is 1. The van der Waals surface area contributed by atoms with Crippen LogP contribution in [0.4, 0.5) is 11.5 Å². The third-order valence-corrected chi connectivity index (χ3v) is 2.63. The fraction of sp³-hybridized carbons (Fsp3) is 0.250. The van der Waals surface area contributed by atoms with Crippen molar-refractivity contribution in [2.45, 2.75) is 0 Å². The van der Waals surface area contributed by atoms with Gasteiger partial charge < -0.3 is 16.8 Å². The molecule has 94 valence electrons. The molecular formula is C8H13N5O3S. The molecule has 0 radical (unpaired) electrons. The summed E-state index contributed by atoms with van der Waals surface area (Å²) in [5, 5.41) is 7.47. The first kappa shape index (κ1) is 13.2. The number of rotatable bonds is 5. The number of primary sulfonamides is 1. The standard InChI is InChI=1S/C8H13N5O3S/c9-5-3-6(7(10)14)8(13-4-5)12-1-2-17(11,15)16/h3-4H,1-2,9H2,(H2,10,14)(H,12,13)(H2,11,15,16). The molecule has 1 aromatic heterocycles. The number of anilines is 2. The number of nitrogen functional groups attached to an aromatic ring is 1. The SMILES string of the molecule is NC(=O)c1cc(N)cnc1NCCS(N)(=O)=O. The highest BCUT2D eigenvalue weighted by molar-refractivity contribution is 7.89. The van der Waals surface area contributed by atoms with Crippen molar-refractivity contribution >= 4 is 27.4 Å². The van der Waals surface area contributed by atoms with E-state index in [9.17, 15) is 13.2 Å². The van der Waals surface area contributed by atoms with Crippen LogP contribution in [0.15, 0.2) is 12.3 Å². The lowest BCUT2D eigenvalue weighted by Crippen LogP contribution is -2.24. The number of hydrogen-bond donors (Lipinski definition) is 4. The van der Waals surface area contributed by atoms with Crippen LogP contribution in [0.25, 0.3) is 0 Å². The van der Waals surface area contributed by atoms with Gasteiger partial charge >= 0.3 is 0 Å². The Morgan fingerprint density at radius 2 is 2.12 bits per heavy atom. The molecule has 1 aromatic rings. The summed E-state index contributed by atoms with van der Waals surface area (Å²) >= 11 is 0. The second kappa shape index (κ2) is 4.97. The molecule has 0 aliphatic carbocycles. The lowest BCUT2D eigenvalue weighted by molar-refractivity contribution is 0.100. The zero-order valence-electron chi connectivity index (χ0n) is 8.88. The molecule has 0 aromatic carbocycles. The minimum absolute atomic E-state index is 0.0238. The first-order valence-electron chi connectivity index (χ1n) is 4.59. The van der Waals surface area contributed by atoms with Gasteiger partial charge in [0, 0.05) is 6.54 Å². The molecule has 0 unspecified atom stereocenters. The van der Waals surface area contributed by atoms with Gasteiger partial charge in [0.1, 0.15) is 5.82 Å². The minimum atomic E-state index is -3.57. The summed E-state index contributed by atoms with van der Waals surface area (Å²) < 4.78 is 21.4. The van der Waals surface area contributed by atoms with E-state index >= 15 is 0 Å². The van der Waals surface area contributed by atoms with Crippen LogP contribution >= 0.6 is 0 Å². The van der Waals surface area contributed by atoms with E-state index in [1.807, 2.05) is 0 Å². The fourth-order valence-corrected chi connectivity index (χ4v) is 1.51. The highest BCUT2D eigenvalue weighted by Gasteiger charge is 2.10. The summed E-state index contributed by atoms with van der Waals surface area (Å²) in [6, 6.07) is 1.36. The maximum absolute atomic E-state index is 11.1. The van der Waals surface area contributed by atoms with Gasteiger partial charge in [-0.3, -0.25) is 4.79 Å². The van der Waals surface area contributed by atoms with Crippen LogP contribution in [-0.2, 0) is 10.0 Å². The second-order valence-corrected chi connectivity index (χ2v) is 5.06. The maximum Gasteiger partial charge on any atom is 0.252 e. The van der Waals surface area contributed by atoms with Crippen molar-refractivity contribution in [1.82, 2.24) is 4.98 Å². The van der Waals surface area contributed by atoms with E-state index in [1.54, 1.807) is 0 Å². The van der Waals surface area contributed by atoms with Crippen molar-refractivity contribution in [3.05, 3.63) is 17.8 Å². The summed E-state index contributed by atoms with van der Waals surface area (Å²) in [4.78, 5) is 14.9. The third-order valence-electron chi connectivity index (χ3n) is 1.85. The van der Waals surface area contributed by atoms with Gasteiger partial charge in [0.2, 0.25) is 10.0 Å². The van der Waals surface area contributed by atoms with E-state index in [2.05, 4.69) is 10.3 Å². The predicted molar refractivity (Wildman–Crippen MR) is 63.6 cm³/mol. The highest BCUT2D eigenvalue weighted by Crippen LogP contribution is 2.14. The molecule has 0 bridgehead atoms. The van der Waals surface area contributed by atoms with Crippen LogP contribution in [0.1, 0.15) is 10.4 Å². The normalized spacial score (nSPS) is 11.1. The van der Waals surface area contributed by atoms with Gasteiger partial charge in [0.15, 0.2) is 0 Å². The summed E-state index contributed by atoms with van der Waals surface area (Å²) in [6.45, 7) is 0.0238. The number of aromatic nitrogens is 1. The Labute approximate surface area is 98.2 Å². The molecule has 17 heavy (non-hydrogen) atoms. The smallest absolute Gasteiger partial charge is 0.252 e. The predicted octanol–water partition coefficient (Wildman–Crippen LogP) is -1.54. The molecule has 0 saturated carbocycles. The van der Waals surface area contributed by atoms with Crippen molar-refractivity contribution in [2.24, 2.45) is 10.9 Å². The van der Waals surface area contributed by atoms with Crippen LogP contribution in [0.2, 0.25) is 0 Å². The van der Waals surface area contributed by atoms with E-state index in [-0.39, 0.29) is 29.4 Å². The molecule has 0 fully saturated rings. The Kier molecular flexibility index (Phi) is 3.86. The van der Waals surface area contributed by atoms with Crippen molar-refractivity contribution in [1.29, 1.82) is 0 Å². The number of nitrogens with zero attached hydrogens (tertiary/aromatic N) is 1. The van der Waals surface area contributed by atoms with Crippen LogP contribution in [0.3, 0.4) is 0 Å². The Hall–Kier alpha value is -1.87. The number of nitrogens with two attached hydrogens (primary N) is 3. The van der Waals surface area contributed by atoms with Crippen molar-refractivity contribution in [3.63, 3.8) is 0 Å². The molecule has 9 heteroatoms. The average molecular weight is 259 g/mol. The molecule has 8 nitrogen and oxygen atoms in total. The van der Waals surface area contributed by atoms with Gasteiger partial charge in [-0.15, -0.1) is 0 Å². The van der Waals surface area contributed by atoms with Crippen molar-refractivity contribution < 1.29 is 13.2 Å². The minimum Gasteiger partial charge on any atom is -0.397 e. The summed E-state index contributed by atoms with van der Waals surface area (Å²) in [5.41, 5.74) is 11.0. The number of carbonyl (C=O) groups is 1. The Balaban J connectivity index is 2.81. The zero-order chi connectivity index (χ0) is 13.1. The first-order valence-corrected chi connectivity index (χ1v) is 6.31. The lowest BCUT2D eigenvalue weighted by Gasteiger charge is -2.08. The number of nitrogens with one attached hydrogen (secondary N) is 1. The highest BCUT2D eigenvalue weighted by atomic mass is 32.2. The van der Waals surface area contributed by atoms with E-state index in [0.29, 0.717) is 0 Å². The monoisotopic (exact) mass is 259 g/mol. The molecule has 0 aliphatic heterocycles. The summed E-state index contributed by atoms with van der Waals surface area (Å²) in [5.74, 6) is -0.810. The third kappa shape index (κ3) is 4.25. The molecule has 0 saturated heterocycles. The van der Waals surface area contributed by atoms with Crippen LogP contribution in [0, 0.1) is 0 Å².